The summed E-state index contributed by atoms with van der Waals surface area (Å²) >= 11 is 0. The van der Waals surface area contributed by atoms with Gasteiger partial charge in [-0.2, -0.15) is 0 Å². The first-order chi connectivity index (χ1) is 4.00. The van der Waals surface area contributed by atoms with Crippen molar-refractivity contribution in [3.8, 4) is 0 Å². The molecule has 0 aromatic rings. The normalized spacial score (nSPS) is 24.0. The van der Waals surface area contributed by atoms with Crippen LogP contribution in [0.1, 0.15) is 0 Å². The molecule has 2 heterocycles. The van der Waals surface area contributed by atoms with Gasteiger partial charge in [-0.1, -0.05) is 0 Å². The number of nitrogens with one attached hydrogen (secondary N) is 4. The van der Waals surface area contributed by atoms with E-state index in [1.807, 2.05) is 0 Å². The van der Waals surface area contributed by atoms with Gasteiger partial charge in [-0.3, -0.25) is 21.7 Å². The smallest absolute Gasteiger partial charge is 0.0239 e. The van der Waals surface area contributed by atoms with Gasteiger partial charge in [-0.25, -0.2) is 0 Å². The van der Waals surface area contributed by atoms with Crippen molar-refractivity contribution >= 4 is 0 Å². The highest BCUT2D eigenvalue weighted by atomic mass is 15.4. The largest absolute Gasteiger partial charge is 0.256 e. The van der Waals surface area contributed by atoms with Crippen LogP contribution in [0.3, 0.4) is 0 Å². The van der Waals surface area contributed by atoms with E-state index in [1.54, 1.807) is 0 Å². The molecule has 0 amide bonds. The SMILES string of the molecule is C1CNN1.C1CNN1. The van der Waals surface area contributed by atoms with E-state index < -0.39 is 0 Å². The standard InChI is InChI=1S/2C2H6N2/c2*1-2-4-3-1/h2*3-4H,1-2H2. The summed E-state index contributed by atoms with van der Waals surface area (Å²) in [6.45, 7) is 4.56. The molecule has 4 nitrogen and oxygen atoms in total. The molecule has 0 bridgehead atoms. The van der Waals surface area contributed by atoms with Crippen molar-refractivity contribution in [3.05, 3.63) is 0 Å². The summed E-state index contributed by atoms with van der Waals surface area (Å²) in [4.78, 5) is 0. The molecule has 2 saturated heterocycles. The second-order valence-corrected chi connectivity index (χ2v) is 1.71. The van der Waals surface area contributed by atoms with E-state index in [9.17, 15) is 0 Å². The Morgan fingerprint density at radius 3 is 0.625 bits per heavy atom. The van der Waals surface area contributed by atoms with E-state index in [2.05, 4.69) is 21.7 Å². The molecule has 0 saturated carbocycles. The fraction of sp³-hybridized carbons (Fsp3) is 1.00. The molecule has 2 aliphatic heterocycles. The summed E-state index contributed by atoms with van der Waals surface area (Å²) in [5.41, 5.74) is 11.4. The zero-order valence-electron chi connectivity index (χ0n) is 4.83. The minimum atomic E-state index is 1.14. The summed E-state index contributed by atoms with van der Waals surface area (Å²) in [6, 6.07) is 0. The van der Waals surface area contributed by atoms with Crippen molar-refractivity contribution < 1.29 is 0 Å². The molecule has 0 atom stereocenters. The topological polar surface area (TPSA) is 48.1 Å². The van der Waals surface area contributed by atoms with Gasteiger partial charge in [0.05, 0.1) is 0 Å². The van der Waals surface area contributed by atoms with Gasteiger partial charge >= 0.3 is 0 Å². The Labute approximate surface area is 49.0 Å². The van der Waals surface area contributed by atoms with Crippen LogP contribution in [0.25, 0.3) is 0 Å². The average molecular weight is 116 g/mol. The molecule has 2 rings (SSSR count). The first-order valence-corrected chi connectivity index (χ1v) is 2.91. The van der Waals surface area contributed by atoms with Crippen molar-refractivity contribution in [1.82, 2.24) is 21.7 Å². The van der Waals surface area contributed by atoms with Gasteiger partial charge < -0.3 is 0 Å². The highest BCUT2D eigenvalue weighted by Gasteiger charge is 1.90. The van der Waals surface area contributed by atoms with Crippen LogP contribution in [0.4, 0.5) is 0 Å². The molecular weight excluding hydrogens is 104 g/mol. The molecule has 0 aromatic heterocycles. The van der Waals surface area contributed by atoms with E-state index in [0.29, 0.717) is 0 Å². The van der Waals surface area contributed by atoms with E-state index in [1.165, 1.54) is 0 Å². The van der Waals surface area contributed by atoms with Gasteiger partial charge in [0.2, 0.25) is 0 Å². The van der Waals surface area contributed by atoms with Crippen molar-refractivity contribution in [2.45, 2.75) is 0 Å². The highest BCUT2D eigenvalue weighted by Crippen LogP contribution is 1.58. The van der Waals surface area contributed by atoms with Gasteiger partial charge in [-0.15, -0.1) is 0 Å². The molecule has 4 N–H and O–H groups in total. The zero-order chi connectivity index (χ0) is 5.66. The third kappa shape index (κ3) is 2.23. The first kappa shape index (κ1) is 5.97. The Balaban J connectivity index is 0.0000000800. The summed E-state index contributed by atoms with van der Waals surface area (Å²) in [5, 5.41) is 0. The lowest BCUT2D eigenvalue weighted by Gasteiger charge is -2.13. The maximum Gasteiger partial charge on any atom is 0.0239 e. The molecular formula is C4H12N4. The number of rotatable bonds is 0. The Morgan fingerprint density at radius 1 is 0.500 bits per heavy atom. The highest BCUT2D eigenvalue weighted by molar-refractivity contribution is 4.51. The van der Waals surface area contributed by atoms with E-state index in [0.717, 1.165) is 26.2 Å². The van der Waals surface area contributed by atoms with Crippen LogP contribution >= 0.6 is 0 Å². The number of hydrogen-bond acceptors (Lipinski definition) is 4. The van der Waals surface area contributed by atoms with Gasteiger partial charge in [0.1, 0.15) is 0 Å². The molecule has 48 valence electrons. The quantitative estimate of drug-likeness (QED) is 0.301. The molecule has 0 unspecified atom stereocenters. The second-order valence-electron chi connectivity index (χ2n) is 1.71. The monoisotopic (exact) mass is 116 g/mol. The first-order valence-electron chi connectivity index (χ1n) is 2.91. The van der Waals surface area contributed by atoms with E-state index in [4.69, 9.17) is 0 Å². The lowest BCUT2D eigenvalue weighted by Crippen LogP contribution is -2.49. The van der Waals surface area contributed by atoms with Gasteiger partial charge in [0.15, 0.2) is 0 Å². The zero-order valence-corrected chi connectivity index (χ0v) is 4.83. The van der Waals surface area contributed by atoms with Crippen LogP contribution < -0.4 is 21.7 Å². The lowest BCUT2D eigenvalue weighted by molar-refractivity contribution is 0.423. The maximum atomic E-state index is 2.86. The van der Waals surface area contributed by atoms with Gasteiger partial charge in [0, 0.05) is 26.2 Å². The van der Waals surface area contributed by atoms with Crippen LogP contribution in [0.15, 0.2) is 0 Å². The summed E-state index contributed by atoms with van der Waals surface area (Å²) < 4.78 is 0. The second kappa shape index (κ2) is 3.80. The minimum Gasteiger partial charge on any atom is -0.256 e. The lowest BCUT2D eigenvalue weighted by atomic mass is 10.6. The Kier molecular flexibility index (Phi) is 2.83. The summed E-state index contributed by atoms with van der Waals surface area (Å²) in [5.74, 6) is 0. The van der Waals surface area contributed by atoms with Crippen molar-refractivity contribution in [1.29, 1.82) is 0 Å². The predicted octanol–water partition coefficient (Wildman–Crippen LogP) is -1.81. The molecule has 2 aliphatic rings. The van der Waals surface area contributed by atoms with Crippen LogP contribution in [-0.2, 0) is 0 Å². The number of hydrogen-bond donors (Lipinski definition) is 4. The summed E-state index contributed by atoms with van der Waals surface area (Å²) in [6.07, 6.45) is 0. The molecule has 0 radical (unpaired) electrons. The van der Waals surface area contributed by atoms with Crippen molar-refractivity contribution in [2.24, 2.45) is 0 Å². The van der Waals surface area contributed by atoms with Gasteiger partial charge in [0.25, 0.3) is 0 Å². The molecule has 0 aromatic carbocycles. The van der Waals surface area contributed by atoms with Crippen LogP contribution in [0, 0.1) is 0 Å². The Hall–Kier alpha value is -0.160. The summed E-state index contributed by atoms with van der Waals surface area (Å²) in [7, 11) is 0. The maximum absolute atomic E-state index is 2.86. The Bertz CT molecular complexity index is 32.0. The van der Waals surface area contributed by atoms with Gasteiger partial charge in [-0.05, 0) is 0 Å². The van der Waals surface area contributed by atoms with Crippen molar-refractivity contribution in [2.75, 3.05) is 26.2 Å². The van der Waals surface area contributed by atoms with Crippen LogP contribution in [-0.4, -0.2) is 26.2 Å². The third-order valence-electron chi connectivity index (χ3n) is 1.000. The van der Waals surface area contributed by atoms with E-state index in [-0.39, 0.29) is 0 Å². The molecule has 2 fully saturated rings. The number of hydrazine groups is 2. The fourth-order valence-corrected chi connectivity index (χ4v) is 0.250. The van der Waals surface area contributed by atoms with Crippen LogP contribution in [0.2, 0.25) is 0 Å². The predicted molar refractivity (Wildman–Crippen MR) is 32.0 cm³/mol. The fourth-order valence-electron chi connectivity index (χ4n) is 0.250. The molecule has 0 aliphatic carbocycles. The van der Waals surface area contributed by atoms with Crippen molar-refractivity contribution in [3.63, 3.8) is 0 Å². The van der Waals surface area contributed by atoms with Crippen LogP contribution in [0.5, 0.6) is 0 Å². The molecule has 4 heteroatoms. The third-order valence-corrected chi connectivity index (χ3v) is 1.000. The average Bonchev–Trinajstić information content (AvgIpc) is 1.12. The molecule has 8 heavy (non-hydrogen) atoms. The minimum absolute atomic E-state index is 1.14. The van der Waals surface area contributed by atoms with E-state index >= 15 is 0 Å². The Morgan fingerprint density at radius 2 is 0.625 bits per heavy atom. The molecule has 0 spiro atoms.